The third-order valence-electron chi connectivity index (χ3n) is 3.07. The van der Waals surface area contributed by atoms with E-state index in [0.717, 1.165) is 12.3 Å². The molecule has 2 rings (SSSR count). The summed E-state index contributed by atoms with van der Waals surface area (Å²) in [5, 5.41) is 6.94. The Bertz CT molecular complexity index is 396. The van der Waals surface area contributed by atoms with Crippen LogP contribution in [0.15, 0.2) is 23.1 Å². The molecule has 0 spiro atoms. The summed E-state index contributed by atoms with van der Waals surface area (Å²) in [6.45, 7) is 7.84. The quantitative estimate of drug-likeness (QED) is 0.843. The van der Waals surface area contributed by atoms with E-state index < -0.39 is 0 Å². The van der Waals surface area contributed by atoms with Crippen LogP contribution >= 0.6 is 11.8 Å². The Morgan fingerprint density at radius 3 is 2.82 bits per heavy atom. The molecule has 1 aromatic rings. The van der Waals surface area contributed by atoms with E-state index in [-0.39, 0.29) is 5.41 Å². The average molecular weight is 250 g/mol. The molecule has 17 heavy (non-hydrogen) atoms. The zero-order valence-electron chi connectivity index (χ0n) is 11.1. The molecule has 1 heterocycles. The van der Waals surface area contributed by atoms with E-state index in [4.69, 9.17) is 0 Å². The second-order valence-corrected chi connectivity index (χ2v) is 6.70. The topological polar surface area (TPSA) is 24.1 Å². The molecule has 0 aliphatic carbocycles. The van der Waals surface area contributed by atoms with Crippen LogP contribution in [0.3, 0.4) is 0 Å². The minimum absolute atomic E-state index is 0.195. The second-order valence-electron chi connectivity index (χ2n) is 5.64. The summed E-state index contributed by atoms with van der Waals surface area (Å²) in [5.74, 6) is 1.14. The number of anilines is 1. The van der Waals surface area contributed by atoms with Gasteiger partial charge in [-0.3, -0.25) is 0 Å². The van der Waals surface area contributed by atoms with Crippen molar-refractivity contribution >= 4 is 17.4 Å². The monoisotopic (exact) mass is 250 g/mol. The van der Waals surface area contributed by atoms with Crippen LogP contribution in [0.4, 0.5) is 5.69 Å². The van der Waals surface area contributed by atoms with Gasteiger partial charge in [0, 0.05) is 23.2 Å². The van der Waals surface area contributed by atoms with Gasteiger partial charge in [-0.2, -0.15) is 0 Å². The second kappa shape index (κ2) is 4.91. The highest BCUT2D eigenvalue weighted by molar-refractivity contribution is 7.99. The van der Waals surface area contributed by atoms with E-state index >= 15 is 0 Å². The van der Waals surface area contributed by atoms with E-state index in [1.807, 2.05) is 18.8 Å². The highest BCUT2D eigenvalue weighted by Crippen LogP contribution is 2.40. The Morgan fingerprint density at radius 1 is 1.41 bits per heavy atom. The zero-order chi connectivity index (χ0) is 12.5. The average Bonchev–Trinajstić information content (AvgIpc) is 2.27. The van der Waals surface area contributed by atoms with Gasteiger partial charge in [-0.25, -0.2) is 0 Å². The Kier molecular flexibility index (Phi) is 3.69. The first-order chi connectivity index (χ1) is 8.02. The Hall–Kier alpha value is -0.670. The van der Waals surface area contributed by atoms with Crippen molar-refractivity contribution in [2.75, 3.05) is 24.7 Å². The molecule has 2 N–H and O–H groups in total. The first-order valence-electron chi connectivity index (χ1n) is 6.20. The van der Waals surface area contributed by atoms with Crippen LogP contribution in [-0.2, 0) is 5.41 Å². The lowest BCUT2D eigenvalue weighted by molar-refractivity contribution is 0.587. The van der Waals surface area contributed by atoms with E-state index in [9.17, 15) is 0 Å². The van der Waals surface area contributed by atoms with Gasteiger partial charge in [-0.15, -0.1) is 11.8 Å². The van der Waals surface area contributed by atoms with Crippen LogP contribution in [-0.4, -0.2) is 25.4 Å². The van der Waals surface area contributed by atoms with Gasteiger partial charge < -0.3 is 10.6 Å². The predicted molar refractivity (Wildman–Crippen MR) is 77.2 cm³/mol. The molecule has 1 aliphatic rings. The summed E-state index contributed by atoms with van der Waals surface area (Å²) in [6.07, 6.45) is 0. The third kappa shape index (κ3) is 2.78. The fourth-order valence-electron chi connectivity index (χ4n) is 2.22. The highest BCUT2D eigenvalue weighted by Gasteiger charge is 2.25. The number of nitrogens with one attached hydrogen (secondary N) is 2. The summed E-state index contributed by atoms with van der Waals surface area (Å²) in [5.41, 5.74) is 2.96. The molecule has 1 atom stereocenters. The zero-order valence-corrected chi connectivity index (χ0v) is 11.9. The number of benzene rings is 1. The van der Waals surface area contributed by atoms with Crippen LogP contribution in [0, 0.1) is 0 Å². The molecule has 1 aliphatic heterocycles. The molecule has 94 valence electrons. The molecular weight excluding hydrogens is 228 g/mol. The molecule has 3 heteroatoms. The van der Waals surface area contributed by atoms with E-state index in [1.165, 1.54) is 16.1 Å². The molecule has 0 saturated heterocycles. The standard InChI is InChI=1S/C14H22N2S/c1-14(2,3)11-6-5-7-12-13(11)16-10(8-15-4)9-17-12/h5-7,10,15-16H,8-9H2,1-4H3. The largest absolute Gasteiger partial charge is 0.379 e. The van der Waals surface area contributed by atoms with Crippen molar-refractivity contribution in [1.82, 2.24) is 5.32 Å². The van der Waals surface area contributed by atoms with Gasteiger partial charge in [0.05, 0.1) is 5.69 Å². The maximum absolute atomic E-state index is 3.69. The number of para-hydroxylation sites is 1. The van der Waals surface area contributed by atoms with Gasteiger partial charge in [0.2, 0.25) is 0 Å². The van der Waals surface area contributed by atoms with E-state index in [0.29, 0.717) is 6.04 Å². The van der Waals surface area contributed by atoms with Gasteiger partial charge >= 0.3 is 0 Å². The fourth-order valence-corrected chi connectivity index (χ4v) is 3.29. The Balaban J connectivity index is 2.33. The smallest absolute Gasteiger partial charge is 0.0519 e. The number of thioether (sulfide) groups is 1. The van der Waals surface area contributed by atoms with Crippen LogP contribution in [0.25, 0.3) is 0 Å². The summed E-state index contributed by atoms with van der Waals surface area (Å²) in [4.78, 5) is 1.39. The fraction of sp³-hybridized carbons (Fsp3) is 0.571. The molecule has 0 aromatic heterocycles. The summed E-state index contributed by atoms with van der Waals surface area (Å²) < 4.78 is 0. The van der Waals surface area contributed by atoms with Gasteiger partial charge in [0.1, 0.15) is 0 Å². The van der Waals surface area contributed by atoms with Crippen molar-refractivity contribution in [3.8, 4) is 0 Å². The van der Waals surface area contributed by atoms with Crippen molar-refractivity contribution in [3.63, 3.8) is 0 Å². The van der Waals surface area contributed by atoms with Crippen LogP contribution in [0.2, 0.25) is 0 Å². The number of hydrogen-bond acceptors (Lipinski definition) is 3. The molecule has 0 fully saturated rings. The molecular formula is C14H22N2S. The molecule has 2 nitrogen and oxygen atoms in total. The van der Waals surface area contributed by atoms with Crippen molar-refractivity contribution in [1.29, 1.82) is 0 Å². The van der Waals surface area contributed by atoms with E-state index in [2.05, 4.69) is 49.6 Å². The predicted octanol–water partition coefficient (Wildman–Crippen LogP) is 3.09. The van der Waals surface area contributed by atoms with Crippen molar-refractivity contribution in [3.05, 3.63) is 23.8 Å². The molecule has 0 radical (unpaired) electrons. The lowest BCUT2D eigenvalue weighted by Gasteiger charge is -2.32. The number of fused-ring (bicyclic) bond motifs is 1. The van der Waals surface area contributed by atoms with Gasteiger partial charge in [-0.1, -0.05) is 32.9 Å². The van der Waals surface area contributed by atoms with Gasteiger partial charge in [-0.05, 0) is 24.1 Å². The van der Waals surface area contributed by atoms with Crippen LogP contribution < -0.4 is 10.6 Å². The van der Waals surface area contributed by atoms with Gasteiger partial charge in [0.25, 0.3) is 0 Å². The highest BCUT2D eigenvalue weighted by atomic mass is 32.2. The van der Waals surface area contributed by atoms with Gasteiger partial charge in [0.15, 0.2) is 0 Å². The molecule has 1 unspecified atom stereocenters. The maximum Gasteiger partial charge on any atom is 0.0519 e. The van der Waals surface area contributed by atoms with Crippen LogP contribution in [0.1, 0.15) is 26.3 Å². The Morgan fingerprint density at radius 2 is 2.18 bits per heavy atom. The van der Waals surface area contributed by atoms with Crippen molar-refractivity contribution < 1.29 is 0 Å². The summed E-state index contributed by atoms with van der Waals surface area (Å²) in [6, 6.07) is 7.17. The molecule has 1 aromatic carbocycles. The minimum Gasteiger partial charge on any atom is -0.379 e. The normalized spacial score (nSPS) is 19.6. The third-order valence-corrected chi connectivity index (χ3v) is 4.29. The first kappa shape index (κ1) is 12.8. The molecule has 0 saturated carbocycles. The molecule has 0 bridgehead atoms. The number of hydrogen-bond donors (Lipinski definition) is 2. The maximum atomic E-state index is 3.69. The van der Waals surface area contributed by atoms with E-state index in [1.54, 1.807) is 0 Å². The lowest BCUT2D eigenvalue weighted by Crippen LogP contribution is -2.36. The van der Waals surface area contributed by atoms with Crippen molar-refractivity contribution in [2.24, 2.45) is 0 Å². The van der Waals surface area contributed by atoms with Crippen LogP contribution in [0.5, 0.6) is 0 Å². The first-order valence-corrected chi connectivity index (χ1v) is 7.18. The minimum atomic E-state index is 0.195. The Labute approximate surface area is 109 Å². The SMILES string of the molecule is CNCC1CSc2cccc(C(C)(C)C)c2N1. The lowest BCUT2D eigenvalue weighted by atomic mass is 9.85. The summed E-state index contributed by atoms with van der Waals surface area (Å²) >= 11 is 1.96. The number of rotatable bonds is 2. The molecule has 0 amide bonds. The van der Waals surface area contributed by atoms with Crippen molar-refractivity contribution in [2.45, 2.75) is 37.1 Å². The number of likely N-dealkylation sites (N-methyl/N-ethyl adjacent to an activating group) is 1. The summed E-state index contributed by atoms with van der Waals surface area (Å²) in [7, 11) is 2.01.